The fourth-order valence-corrected chi connectivity index (χ4v) is 2.82. The molecule has 0 aromatic heterocycles. The van der Waals surface area contributed by atoms with Crippen molar-refractivity contribution in [1.29, 1.82) is 0 Å². The van der Waals surface area contributed by atoms with Crippen molar-refractivity contribution in [3.63, 3.8) is 0 Å². The van der Waals surface area contributed by atoms with Crippen molar-refractivity contribution >= 4 is 17.5 Å². The predicted molar refractivity (Wildman–Crippen MR) is 89.4 cm³/mol. The van der Waals surface area contributed by atoms with Crippen LogP contribution in [0.1, 0.15) is 28.8 Å². The van der Waals surface area contributed by atoms with Gasteiger partial charge in [-0.3, -0.25) is 4.79 Å². The number of rotatable bonds is 5. The number of benzene rings is 2. The van der Waals surface area contributed by atoms with Crippen LogP contribution in [0.25, 0.3) is 0 Å². The number of hydrogen-bond acceptors (Lipinski definition) is 3. The Hall–Kier alpha value is -2.20. The third kappa shape index (κ3) is 3.27. The highest BCUT2D eigenvalue weighted by Gasteiger charge is 2.45. The molecule has 2 aromatic carbocycles. The normalized spacial score (nSPS) is 14.9. The van der Waals surface area contributed by atoms with Crippen LogP contribution in [0.5, 0.6) is 11.5 Å². The molecule has 3 rings (SSSR count). The van der Waals surface area contributed by atoms with Gasteiger partial charge in [-0.15, -0.1) is 0 Å². The molecule has 5 heteroatoms. The summed E-state index contributed by atoms with van der Waals surface area (Å²) < 4.78 is 10.4. The molecule has 0 heterocycles. The van der Waals surface area contributed by atoms with E-state index in [1.165, 1.54) is 0 Å². The summed E-state index contributed by atoms with van der Waals surface area (Å²) in [5.74, 6) is 1.02. The smallest absolute Gasteiger partial charge is 0.252 e. The van der Waals surface area contributed by atoms with Gasteiger partial charge in [0.05, 0.1) is 19.8 Å². The lowest BCUT2D eigenvalue weighted by Gasteiger charge is -2.19. The van der Waals surface area contributed by atoms with Crippen molar-refractivity contribution in [2.75, 3.05) is 14.2 Å². The topological polar surface area (TPSA) is 47.6 Å². The Kier molecular flexibility index (Phi) is 4.18. The molecule has 1 fully saturated rings. The number of nitrogens with one attached hydrogen (secondary N) is 1. The van der Waals surface area contributed by atoms with E-state index in [2.05, 4.69) is 5.32 Å². The van der Waals surface area contributed by atoms with Gasteiger partial charge in [-0.1, -0.05) is 23.7 Å². The zero-order chi connectivity index (χ0) is 16.4. The predicted octanol–water partition coefficient (Wildman–Crippen LogP) is 3.78. The van der Waals surface area contributed by atoms with Crippen LogP contribution >= 0.6 is 11.6 Å². The van der Waals surface area contributed by atoms with E-state index >= 15 is 0 Å². The van der Waals surface area contributed by atoms with Gasteiger partial charge in [-0.2, -0.15) is 0 Å². The minimum Gasteiger partial charge on any atom is -0.497 e. The van der Waals surface area contributed by atoms with Gasteiger partial charge >= 0.3 is 0 Å². The van der Waals surface area contributed by atoms with Gasteiger partial charge in [0, 0.05) is 16.7 Å². The minimum atomic E-state index is -0.321. The first kappa shape index (κ1) is 15.7. The lowest BCUT2D eigenvalue weighted by Crippen LogP contribution is -2.34. The third-order valence-electron chi connectivity index (χ3n) is 4.09. The molecule has 23 heavy (non-hydrogen) atoms. The number of hydrogen-bond donors (Lipinski definition) is 1. The summed E-state index contributed by atoms with van der Waals surface area (Å²) in [5.41, 5.74) is 1.22. The molecule has 0 unspecified atom stereocenters. The molecule has 0 saturated heterocycles. The summed E-state index contributed by atoms with van der Waals surface area (Å²) in [5, 5.41) is 3.79. The SMILES string of the molecule is COc1cc(OC)cc(C(=O)NC2(c3cccc(Cl)c3)CC2)c1. The Labute approximate surface area is 140 Å². The lowest BCUT2D eigenvalue weighted by atomic mass is 10.0. The molecule has 120 valence electrons. The van der Waals surface area contributed by atoms with Crippen LogP contribution in [0.4, 0.5) is 0 Å². The number of ether oxygens (including phenoxy) is 2. The molecule has 1 N–H and O–H groups in total. The van der Waals surface area contributed by atoms with Gasteiger partial charge in [-0.25, -0.2) is 0 Å². The summed E-state index contributed by atoms with van der Waals surface area (Å²) in [6.07, 6.45) is 1.81. The summed E-state index contributed by atoms with van der Waals surface area (Å²) in [4.78, 5) is 12.6. The molecule has 0 atom stereocenters. The standard InChI is InChI=1S/C18H18ClNO3/c1-22-15-8-12(9-16(11-15)23-2)17(21)20-18(6-7-18)13-4-3-5-14(19)10-13/h3-5,8-11H,6-7H2,1-2H3,(H,20,21). The van der Waals surface area contributed by atoms with Gasteiger partial charge in [0.15, 0.2) is 0 Å². The second-order valence-electron chi connectivity index (χ2n) is 5.65. The van der Waals surface area contributed by atoms with Crippen LogP contribution < -0.4 is 14.8 Å². The van der Waals surface area contributed by atoms with E-state index < -0.39 is 0 Å². The van der Waals surface area contributed by atoms with E-state index in [0.29, 0.717) is 22.1 Å². The summed E-state index contributed by atoms with van der Waals surface area (Å²) >= 11 is 6.07. The first-order valence-corrected chi connectivity index (χ1v) is 7.76. The molecule has 1 aliphatic rings. The van der Waals surface area contributed by atoms with Crippen molar-refractivity contribution in [3.05, 3.63) is 58.6 Å². The van der Waals surface area contributed by atoms with Crippen molar-refractivity contribution < 1.29 is 14.3 Å². The van der Waals surface area contributed by atoms with Crippen LogP contribution in [0.3, 0.4) is 0 Å². The van der Waals surface area contributed by atoms with Crippen molar-refractivity contribution in [2.24, 2.45) is 0 Å². The van der Waals surface area contributed by atoms with Gasteiger partial charge in [0.1, 0.15) is 11.5 Å². The molecule has 1 amide bonds. The number of halogens is 1. The van der Waals surface area contributed by atoms with Crippen LogP contribution in [-0.4, -0.2) is 20.1 Å². The number of methoxy groups -OCH3 is 2. The molecule has 2 aromatic rings. The molecule has 0 spiro atoms. The second kappa shape index (κ2) is 6.13. The molecule has 0 radical (unpaired) electrons. The first-order valence-electron chi connectivity index (χ1n) is 7.38. The molecule has 0 bridgehead atoms. The summed E-state index contributed by atoms with van der Waals surface area (Å²) in [7, 11) is 3.12. The van der Waals surface area contributed by atoms with Gasteiger partial charge in [-0.05, 0) is 42.7 Å². The minimum absolute atomic E-state index is 0.153. The monoisotopic (exact) mass is 331 g/mol. The zero-order valence-corrected chi connectivity index (χ0v) is 13.8. The van der Waals surface area contributed by atoms with Crippen LogP contribution in [0.15, 0.2) is 42.5 Å². The Morgan fingerprint density at radius 3 is 2.26 bits per heavy atom. The molecule has 4 nitrogen and oxygen atoms in total. The van der Waals surface area contributed by atoms with Crippen LogP contribution in [-0.2, 0) is 5.54 Å². The summed E-state index contributed by atoms with van der Waals surface area (Å²) in [6, 6.07) is 12.8. The van der Waals surface area contributed by atoms with E-state index in [1.807, 2.05) is 24.3 Å². The fourth-order valence-electron chi connectivity index (χ4n) is 2.63. The number of carbonyl (C=O) groups excluding carboxylic acids is 1. The Morgan fingerprint density at radius 1 is 1.09 bits per heavy atom. The average molecular weight is 332 g/mol. The maximum Gasteiger partial charge on any atom is 0.252 e. The van der Waals surface area contributed by atoms with E-state index in [9.17, 15) is 4.79 Å². The van der Waals surface area contributed by atoms with Crippen LogP contribution in [0.2, 0.25) is 5.02 Å². The second-order valence-corrected chi connectivity index (χ2v) is 6.08. The Bertz CT molecular complexity index is 719. The largest absolute Gasteiger partial charge is 0.497 e. The molecular weight excluding hydrogens is 314 g/mol. The Morgan fingerprint density at radius 2 is 1.74 bits per heavy atom. The van der Waals surface area contributed by atoms with Crippen LogP contribution in [0, 0.1) is 0 Å². The van der Waals surface area contributed by atoms with E-state index in [0.717, 1.165) is 18.4 Å². The van der Waals surface area contributed by atoms with Crippen molar-refractivity contribution in [1.82, 2.24) is 5.32 Å². The maximum absolute atomic E-state index is 12.6. The first-order chi connectivity index (χ1) is 11.1. The summed E-state index contributed by atoms with van der Waals surface area (Å²) in [6.45, 7) is 0. The number of carbonyl (C=O) groups is 1. The van der Waals surface area contributed by atoms with E-state index in [4.69, 9.17) is 21.1 Å². The van der Waals surface area contributed by atoms with Gasteiger partial charge in [0.2, 0.25) is 0 Å². The van der Waals surface area contributed by atoms with Gasteiger partial charge in [0.25, 0.3) is 5.91 Å². The quantitative estimate of drug-likeness (QED) is 0.907. The lowest BCUT2D eigenvalue weighted by molar-refractivity contribution is 0.0930. The molecule has 0 aliphatic heterocycles. The van der Waals surface area contributed by atoms with Crippen molar-refractivity contribution in [3.8, 4) is 11.5 Å². The highest BCUT2D eigenvalue weighted by Crippen LogP contribution is 2.46. The Balaban J connectivity index is 1.84. The van der Waals surface area contributed by atoms with Crippen molar-refractivity contribution in [2.45, 2.75) is 18.4 Å². The highest BCUT2D eigenvalue weighted by atomic mass is 35.5. The molecule has 1 saturated carbocycles. The van der Waals surface area contributed by atoms with E-state index in [1.54, 1.807) is 32.4 Å². The maximum atomic E-state index is 12.6. The zero-order valence-electron chi connectivity index (χ0n) is 13.1. The molecule has 1 aliphatic carbocycles. The van der Waals surface area contributed by atoms with E-state index in [-0.39, 0.29) is 11.4 Å². The fraction of sp³-hybridized carbons (Fsp3) is 0.278. The third-order valence-corrected chi connectivity index (χ3v) is 4.33. The number of amides is 1. The molecular formula is C18H18ClNO3. The van der Waals surface area contributed by atoms with Gasteiger partial charge < -0.3 is 14.8 Å². The highest BCUT2D eigenvalue weighted by molar-refractivity contribution is 6.30. The average Bonchev–Trinajstić information content (AvgIpc) is 3.35.